The first-order chi connectivity index (χ1) is 9.79. The van der Waals surface area contributed by atoms with Crippen molar-refractivity contribution in [3.8, 4) is 0 Å². The van der Waals surface area contributed by atoms with E-state index in [9.17, 15) is 4.79 Å². The lowest BCUT2D eigenvalue weighted by atomic mass is 9.86. The Labute approximate surface area is 125 Å². The highest BCUT2D eigenvalue weighted by Gasteiger charge is 2.42. The topological polar surface area (TPSA) is 41.5 Å². The minimum atomic E-state index is 0.122. The number of thioether (sulfide) groups is 1. The van der Waals surface area contributed by atoms with Crippen molar-refractivity contribution in [3.63, 3.8) is 0 Å². The van der Waals surface area contributed by atoms with Crippen molar-refractivity contribution in [1.82, 2.24) is 5.32 Å². The van der Waals surface area contributed by atoms with Gasteiger partial charge < -0.3 is 5.32 Å². The number of amidine groups is 1. The van der Waals surface area contributed by atoms with Gasteiger partial charge >= 0.3 is 0 Å². The number of aliphatic imine (C=N–C) groups is 1. The van der Waals surface area contributed by atoms with E-state index >= 15 is 0 Å². The molecule has 1 heterocycles. The van der Waals surface area contributed by atoms with Crippen LogP contribution in [0.4, 0.5) is 0 Å². The molecule has 110 valence electrons. The Morgan fingerprint density at radius 3 is 2.55 bits per heavy atom. The molecule has 3 fully saturated rings. The van der Waals surface area contributed by atoms with Crippen LogP contribution in [0, 0.1) is 17.8 Å². The van der Waals surface area contributed by atoms with Gasteiger partial charge in [0.15, 0.2) is 5.17 Å². The highest BCUT2D eigenvalue weighted by molar-refractivity contribution is 8.15. The molecule has 0 aromatic heterocycles. The fourth-order valence-electron chi connectivity index (χ4n) is 4.74. The molecule has 0 spiro atoms. The van der Waals surface area contributed by atoms with Gasteiger partial charge in [0.25, 0.3) is 5.91 Å². The number of rotatable bonds is 2. The van der Waals surface area contributed by atoms with Crippen LogP contribution in [-0.2, 0) is 4.79 Å². The third kappa shape index (κ3) is 2.40. The van der Waals surface area contributed by atoms with Crippen molar-refractivity contribution in [3.05, 3.63) is 0 Å². The van der Waals surface area contributed by atoms with Crippen LogP contribution in [-0.4, -0.2) is 22.4 Å². The minimum Gasteiger partial charge on any atom is -0.361 e. The van der Waals surface area contributed by atoms with E-state index in [1.807, 2.05) is 0 Å². The summed E-state index contributed by atoms with van der Waals surface area (Å²) in [5, 5.41) is 4.66. The van der Waals surface area contributed by atoms with Gasteiger partial charge in [-0.1, -0.05) is 37.4 Å². The smallest absolute Gasteiger partial charge is 0.261 e. The molecule has 2 unspecified atom stereocenters. The van der Waals surface area contributed by atoms with Gasteiger partial charge in [-0.25, -0.2) is 0 Å². The summed E-state index contributed by atoms with van der Waals surface area (Å²) in [6.07, 6.45) is 11.9. The van der Waals surface area contributed by atoms with Crippen LogP contribution < -0.4 is 5.32 Å². The maximum Gasteiger partial charge on any atom is 0.261 e. The molecular weight excluding hydrogens is 268 g/mol. The molecule has 20 heavy (non-hydrogen) atoms. The van der Waals surface area contributed by atoms with Gasteiger partial charge in [-0.2, -0.15) is 4.99 Å². The molecule has 1 N–H and O–H groups in total. The molecular formula is C16H24N2OS. The van der Waals surface area contributed by atoms with Crippen molar-refractivity contribution in [2.24, 2.45) is 22.7 Å². The van der Waals surface area contributed by atoms with E-state index in [1.54, 1.807) is 11.8 Å². The zero-order valence-corrected chi connectivity index (χ0v) is 12.8. The highest BCUT2D eigenvalue weighted by atomic mass is 32.2. The number of hydrogen-bond donors (Lipinski definition) is 1. The predicted molar refractivity (Wildman–Crippen MR) is 82.8 cm³/mol. The maximum atomic E-state index is 12.2. The summed E-state index contributed by atoms with van der Waals surface area (Å²) in [6.45, 7) is 0. The van der Waals surface area contributed by atoms with E-state index in [-0.39, 0.29) is 11.2 Å². The SMILES string of the molecule is O=C1N=C(N[C@H]2C[C@@H]3CCC2C3)SC1C1CCCCC1. The molecule has 4 aliphatic rings. The van der Waals surface area contributed by atoms with Crippen LogP contribution in [0.5, 0.6) is 0 Å². The molecule has 2 bridgehead atoms. The summed E-state index contributed by atoms with van der Waals surface area (Å²) >= 11 is 1.73. The molecule has 3 saturated carbocycles. The quantitative estimate of drug-likeness (QED) is 0.848. The third-order valence-corrected chi connectivity index (χ3v) is 7.09. The molecule has 0 saturated heterocycles. The van der Waals surface area contributed by atoms with Crippen molar-refractivity contribution in [1.29, 1.82) is 0 Å². The average Bonchev–Trinajstić information content (AvgIpc) is 3.16. The van der Waals surface area contributed by atoms with Crippen LogP contribution >= 0.6 is 11.8 Å². The maximum absolute atomic E-state index is 12.2. The fraction of sp³-hybridized carbons (Fsp3) is 0.875. The molecule has 4 atom stereocenters. The van der Waals surface area contributed by atoms with E-state index in [4.69, 9.17) is 0 Å². The van der Waals surface area contributed by atoms with Crippen LogP contribution in [0.1, 0.15) is 57.8 Å². The van der Waals surface area contributed by atoms with Crippen molar-refractivity contribution in [2.75, 3.05) is 0 Å². The number of carbonyl (C=O) groups excluding carboxylic acids is 1. The van der Waals surface area contributed by atoms with E-state index in [0.29, 0.717) is 12.0 Å². The summed E-state index contributed by atoms with van der Waals surface area (Å²) in [6, 6.07) is 0.595. The zero-order chi connectivity index (χ0) is 13.5. The normalized spacial score (nSPS) is 41.2. The Morgan fingerprint density at radius 1 is 1.00 bits per heavy atom. The molecule has 3 nitrogen and oxygen atoms in total. The first-order valence-electron chi connectivity index (χ1n) is 8.35. The van der Waals surface area contributed by atoms with Gasteiger partial charge in [-0.15, -0.1) is 0 Å². The van der Waals surface area contributed by atoms with Crippen LogP contribution in [0.3, 0.4) is 0 Å². The average molecular weight is 292 g/mol. The molecule has 4 heteroatoms. The van der Waals surface area contributed by atoms with Crippen molar-refractivity contribution >= 4 is 22.8 Å². The third-order valence-electron chi connectivity index (χ3n) is 5.82. The van der Waals surface area contributed by atoms with Gasteiger partial charge in [0.1, 0.15) is 0 Å². The number of fused-ring (bicyclic) bond motifs is 2. The van der Waals surface area contributed by atoms with Gasteiger partial charge in [0.2, 0.25) is 0 Å². The van der Waals surface area contributed by atoms with Crippen LogP contribution in [0.15, 0.2) is 4.99 Å². The van der Waals surface area contributed by atoms with Gasteiger partial charge in [0, 0.05) is 6.04 Å². The largest absolute Gasteiger partial charge is 0.361 e. The number of hydrogen-bond acceptors (Lipinski definition) is 3. The molecule has 1 aliphatic heterocycles. The van der Waals surface area contributed by atoms with E-state index in [1.165, 1.54) is 57.8 Å². The summed E-state index contributed by atoms with van der Waals surface area (Å²) in [7, 11) is 0. The summed E-state index contributed by atoms with van der Waals surface area (Å²) in [5.41, 5.74) is 0. The zero-order valence-electron chi connectivity index (χ0n) is 12.0. The van der Waals surface area contributed by atoms with E-state index in [2.05, 4.69) is 10.3 Å². The summed E-state index contributed by atoms with van der Waals surface area (Å²) in [4.78, 5) is 16.5. The minimum absolute atomic E-state index is 0.122. The fourth-order valence-corrected chi connectivity index (χ4v) is 5.96. The van der Waals surface area contributed by atoms with Crippen molar-refractivity contribution in [2.45, 2.75) is 69.1 Å². The van der Waals surface area contributed by atoms with Crippen molar-refractivity contribution < 1.29 is 4.79 Å². The lowest BCUT2D eigenvalue weighted by molar-refractivity contribution is -0.118. The molecule has 1 amide bonds. The summed E-state index contributed by atoms with van der Waals surface area (Å²) < 4.78 is 0. The number of nitrogens with zero attached hydrogens (tertiary/aromatic N) is 1. The Bertz CT molecular complexity index is 430. The Hall–Kier alpha value is -0.510. The first kappa shape index (κ1) is 13.2. The Kier molecular flexibility index (Phi) is 3.53. The molecule has 4 rings (SSSR count). The van der Waals surface area contributed by atoms with E-state index in [0.717, 1.165) is 17.0 Å². The molecule has 0 radical (unpaired) electrons. The van der Waals surface area contributed by atoms with Gasteiger partial charge in [-0.3, -0.25) is 4.79 Å². The lowest BCUT2D eigenvalue weighted by Gasteiger charge is -2.26. The number of carbonyl (C=O) groups is 1. The van der Waals surface area contributed by atoms with Gasteiger partial charge in [0.05, 0.1) is 5.25 Å². The molecule has 0 aromatic carbocycles. The van der Waals surface area contributed by atoms with Crippen LogP contribution in [0.25, 0.3) is 0 Å². The van der Waals surface area contributed by atoms with Gasteiger partial charge in [-0.05, 0) is 49.9 Å². The first-order valence-corrected chi connectivity index (χ1v) is 9.23. The standard InChI is InChI=1S/C16H24N2OS/c19-15-14(11-4-2-1-3-5-11)20-16(18-15)17-13-9-10-6-7-12(13)8-10/h10-14H,1-9H2,(H,17,18,19)/t10-,12?,13+,14?/m1/s1. The Morgan fingerprint density at radius 2 is 1.85 bits per heavy atom. The second kappa shape index (κ2) is 5.36. The molecule has 3 aliphatic carbocycles. The lowest BCUT2D eigenvalue weighted by Crippen LogP contribution is -2.37. The highest BCUT2D eigenvalue weighted by Crippen LogP contribution is 2.45. The monoisotopic (exact) mass is 292 g/mol. The number of amides is 1. The second-order valence-corrected chi connectivity index (χ2v) is 8.25. The number of nitrogens with one attached hydrogen (secondary N) is 1. The Balaban J connectivity index is 1.36. The summed E-state index contributed by atoms with van der Waals surface area (Å²) in [5.74, 6) is 2.48. The molecule has 0 aromatic rings. The predicted octanol–water partition coefficient (Wildman–Crippen LogP) is 3.34. The van der Waals surface area contributed by atoms with Crippen LogP contribution in [0.2, 0.25) is 0 Å². The second-order valence-electron chi connectivity index (χ2n) is 7.12. The van der Waals surface area contributed by atoms with E-state index < -0.39 is 0 Å².